The first-order chi connectivity index (χ1) is 14.6. The quantitative estimate of drug-likeness (QED) is 0.476. The van der Waals surface area contributed by atoms with Crippen LogP contribution >= 0.6 is 11.6 Å². The van der Waals surface area contributed by atoms with Crippen molar-refractivity contribution in [2.75, 3.05) is 12.4 Å². The van der Waals surface area contributed by atoms with Crippen molar-refractivity contribution in [1.82, 2.24) is 14.8 Å². The molecule has 0 radical (unpaired) electrons. The number of carbonyl (C=O) groups is 1. The first kappa shape index (κ1) is 19.7. The number of aromatic nitrogens is 3. The highest BCUT2D eigenvalue weighted by atomic mass is 35.5. The standard InChI is InChI=1S/C22H19ClN4O3/c1-29-19-10-3-2-9-18(19)22-26-25-20(27(22)14-17-8-5-11-30-17)13-21(28)24-16-7-4-6-15(23)12-16/h2-12H,13-14H2,1H3,(H,24,28). The largest absolute Gasteiger partial charge is 0.496 e. The van der Waals surface area contributed by atoms with Gasteiger partial charge < -0.3 is 19.0 Å². The Hall–Kier alpha value is -3.58. The van der Waals surface area contributed by atoms with Gasteiger partial charge in [0.25, 0.3) is 0 Å². The van der Waals surface area contributed by atoms with Gasteiger partial charge in [-0.1, -0.05) is 29.8 Å². The fraction of sp³-hybridized carbons (Fsp3) is 0.136. The first-order valence-electron chi connectivity index (χ1n) is 9.27. The highest BCUT2D eigenvalue weighted by molar-refractivity contribution is 6.30. The van der Waals surface area contributed by atoms with E-state index in [1.807, 2.05) is 41.0 Å². The normalized spacial score (nSPS) is 10.7. The van der Waals surface area contributed by atoms with Crippen LogP contribution in [0.2, 0.25) is 5.02 Å². The number of para-hydroxylation sites is 1. The molecule has 30 heavy (non-hydrogen) atoms. The van der Waals surface area contributed by atoms with Crippen LogP contribution in [0, 0.1) is 0 Å². The molecule has 2 heterocycles. The summed E-state index contributed by atoms with van der Waals surface area (Å²) in [7, 11) is 1.60. The fourth-order valence-corrected chi connectivity index (χ4v) is 3.32. The van der Waals surface area contributed by atoms with Crippen LogP contribution < -0.4 is 10.1 Å². The van der Waals surface area contributed by atoms with Gasteiger partial charge in [0, 0.05) is 10.7 Å². The molecular weight excluding hydrogens is 404 g/mol. The molecule has 0 unspecified atom stereocenters. The minimum absolute atomic E-state index is 0.0371. The smallest absolute Gasteiger partial charge is 0.232 e. The number of anilines is 1. The molecule has 4 rings (SSSR count). The second kappa shape index (κ2) is 8.84. The minimum Gasteiger partial charge on any atom is -0.496 e. The summed E-state index contributed by atoms with van der Waals surface area (Å²) < 4.78 is 12.8. The average molecular weight is 423 g/mol. The van der Waals surface area contributed by atoms with Crippen LogP contribution in [0.4, 0.5) is 5.69 Å². The van der Waals surface area contributed by atoms with E-state index in [9.17, 15) is 4.79 Å². The molecule has 0 aliphatic carbocycles. The summed E-state index contributed by atoms with van der Waals surface area (Å²) in [6, 6.07) is 18.2. The molecule has 0 saturated carbocycles. The van der Waals surface area contributed by atoms with Gasteiger partial charge >= 0.3 is 0 Å². The van der Waals surface area contributed by atoms with Gasteiger partial charge in [-0.2, -0.15) is 0 Å². The Morgan fingerprint density at radius 3 is 2.77 bits per heavy atom. The zero-order valence-corrected chi connectivity index (χ0v) is 17.0. The number of nitrogens with zero attached hydrogens (tertiary/aromatic N) is 3. The van der Waals surface area contributed by atoms with Crippen molar-refractivity contribution in [1.29, 1.82) is 0 Å². The van der Waals surface area contributed by atoms with Crippen LogP contribution in [0.3, 0.4) is 0 Å². The molecule has 0 aliphatic heterocycles. The summed E-state index contributed by atoms with van der Waals surface area (Å²) >= 11 is 5.99. The van der Waals surface area contributed by atoms with E-state index in [1.54, 1.807) is 37.6 Å². The van der Waals surface area contributed by atoms with E-state index in [1.165, 1.54) is 0 Å². The van der Waals surface area contributed by atoms with Crippen molar-refractivity contribution in [3.05, 3.63) is 83.5 Å². The van der Waals surface area contributed by atoms with Gasteiger partial charge in [-0.05, 0) is 42.5 Å². The van der Waals surface area contributed by atoms with E-state index < -0.39 is 0 Å². The van der Waals surface area contributed by atoms with Gasteiger partial charge in [0.15, 0.2) is 5.82 Å². The summed E-state index contributed by atoms with van der Waals surface area (Å²) in [6.45, 7) is 0.382. The maximum atomic E-state index is 12.6. The van der Waals surface area contributed by atoms with Crippen molar-refractivity contribution in [2.45, 2.75) is 13.0 Å². The maximum Gasteiger partial charge on any atom is 0.232 e. The summed E-state index contributed by atoms with van der Waals surface area (Å²) in [5, 5.41) is 12.0. The highest BCUT2D eigenvalue weighted by Gasteiger charge is 2.20. The van der Waals surface area contributed by atoms with Gasteiger partial charge in [-0.15, -0.1) is 10.2 Å². The van der Waals surface area contributed by atoms with E-state index in [-0.39, 0.29) is 12.3 Å². The Kier molecular flexibility index (Phi) is 5.81. The van der Waals surface area contributed by atoms with Crippen molar-refractivity contribution < 1.29 is 13.9 Å². The molecule has 0 fully saturated rings. The maximum absolute atomic E-state index is 12.6. The monoisotopic (exact) mass is 422 g/mol. The predicted molar refractivity (Wildman–Crippen MR) is 114 cm³/mol. The van der Waals surface area contributed by atoms with E-state index in [2.05, 4.69) is 15.5 Å². The summed E-state index contributed by atoms with van der Waals surface area (Å²) in [5.74, 6) is 2.26. The molecule has 0 bridgehead atoms. The average Bonchev–Trinajstić information content (AvgIpc) is 3.39. The zero-order chi connectivity index (χ0) is 20.9. The fourth-order valence-electron chi connectivity index (χ4n) is 3.13. The Bertz CT molecular complexity index is 1150. The lowest BCUT2D eigenvalue weighted by Crippen LogP contribution is -2.18. The van der Waals surface area contributed by atoms with Crippen LogP contribution in [0.15, 0.2) is 71.3 Å². The first-order valence-corrected chi connectivity index (χ1v) is 9.65. The van der Waals surface area contributed by atoms with E-state index in [0.717, 1.165) is 11.3 Å². The van der Waals surface area contributed by atoms with E-state index in [4.69, 9.17) is 20.8 Å². The molecule has 2 aromatic carbocycles. The molecule has 0 aliphatic rings. The Balaban J connectivity index is 1.65. The second-order valence-electron chi connectivity index (χ2n) is 6.54. The number of hydrogen-bond donors (Lipinski definition) is 1. The van der Waals surface area contributed by atoms with Crippen molar-refractivity contribution in [3.8, 4) is 17.1 Å². The Morgan fingerprint density at radius 2 is 2.00 bits per heavy atom. The summed E-state index contributed by atoms with van der Waals surface area (Å²) in [6.07, 6.45) is 1.64. The molecule has 8 heteroatoms. The van der Waals surface area contributed by atoms with E-state index in [0.29, 0.717) is 34.7 Å². The number of furan rings is 1. The number of ether oxygens (including phenoxy) is 1. The number of carbonyl (C=O) groups excluding carboxylic acids is 1. The van der Waals surface area contributed by atoms with Gasteiger partial charge in [0.05, 0.1) is 31.9 Å². The number of rotatable bonds is 7. The van der Waals surface area contributed by atoms with E-state index >= 15 is 0 Å². The molecule has 0 saturated heterocycles. The van der Waals surface area contributed by atoms with Gasteiger partial charge in [0.2, 0.25) is 5.91 Å². The lowest BCUT2D eigenvalue weighted by Gasteiger charge is -2.12. The number of halogens is 1. The molecule has 2 aromatic heterocycles. The van der Waals surface area contributed by atoms with Crippen LogP contribution in [0.5, 0.6) is 5.75 Å². The third-order valence-electron chi connectivity index (χ3n) is 4.50. The highest BCUT2D eigenvalue weighted by Crippen LogP contribution is 2.29. The predicted octanol–water partition coefficient (Wildman–Crippen LogP) is 4.43. The Labute approximate surface area is 178 Å². The van der Waals surface area contributed by atoms with Crippen molar-refractivity contribution in [3.63, 3.8) is 0 Å². The van der Waals surface area contributed by atoms with Gasteiger partial charge in [-0.25, -0.2) is 0 Å². The number of hydrogen-bond acceptors (Lipinski definition) is 5. The van der Waals surface area contributed by atoms with Gasteiger partial charge in [-0.3, -0.25) is 4.79 Å². The topological polar surface area (TPSA) is 82.2 Å². The lowest BCUT2D eigenvalue weighted by molar-refractivity contribution is -0.115. The summed E-state index contributed by atoms with van der Waals surface area (Å²) in [4.78, 5) is 12.6. The molecule has 4 aromatic rings. The molecular formula is C22H19ClN4O3. The van der Waals surface area contributed by atoms with Crippen molar-refractivity contribution >= 4 is 23.2 Å². The number of methoxy groups -OCH3 is 1. The number of benzene rings is 2. The SMILES string of the molecule is COc1ccccc1-c1nnc(CC(=O)Nc2cccc(Cl)c2)n1Cc1ccco1. The van der Waals surface area contributed by atoms with Crippen molar-refractivity contribution in [2.24, 2.45) is 0 Å². The molecule has 152 valence electrons. The minimum atomic E-state index is -0.225. The van der Waals surface area contributed by atoms with Crippen LogP contribution in [0.1, 0.15) is 11.6 Å². The third kappa shape index (κ3) is 4.36. The lowest BCUT2D eigenvalue weighted by atomic mass is 10.2. The Morgan fingerprint density at radius 1 is 1.13 bits per heavy atom. The molecule has 1 amide bonds. The summed E-state index contributed by atoms with van der Waals surface area (Å²) in [5.41, 5.74) is 1.40. The van der Waals surface area contributed by atoms with Gasteiger partial charge in [0.1, 0.15) is 17.3 Å². The number of nitrogens with one attached hydrogen (secondary N) is 1. The van der Waals surface area contributed by atoms with Crippen LogP contribution in [-0.4, -0.2) is 27.8 Å². The van der Waals surface area contributed by atoms with Crippen LogP contribution in [0.25, 0.3) is 11.4 Å². The molecule has 7 nitrogen and oxygen atoms in total. The van der Waals surface area contributed by atoms with Crippen LogP contribution in [-0.2, 0) is 17.8 Å². The third-order valence-corrected chi connectivity index (χ3v) is 4.73. The number of amides is 1. The molecule has 1 N–H and O–H groups in total. The molecule has 0 spiro atoms. The zero-order valence-electron chi connectivity index (χ0n) is 16.2. The molecule has 0 atom stereocenters. The second-order valence-corrected chi connectivity index (χ2v) is 6.98.